The minimum atomic E-state index is -4.48. The Morgan fingerprint density at radius 2 is 0.979 bits per heavy atom. The van der Waals surface area contributed by atoms with E-state index in [0.29, 0.717) is 25.7 Å². The molecule has 2 fully saturated rings. The molecular formula is C76H137N2O18P. The van der Waals surface area contributed by atoms with E-state index in [9.17, 15) is 28.8 Å². The molecule has 2 rings (SSSR count). The van der Waals surface area contributed by atoms with Gasteiger partial charge in [0.2, 0.25) is 11.8 Å². The van der Waals surface area contributed by atoms with Crippen molar-refractivity contribution in [3.8, 4) is 0 Å². The Morgan fingerprint density at radius 1 is 0.505 bits per heavy atom. The van der Waals surface area contributed by atoms with Crippen molar-refractivity contribution in [2.45, 2.75) is 352 Å². The number of carbonyl (C=O) groups excluding carboxylic acids is 4. The number of ketones is 1. The number of Topliss-reactive ketones (excluding diaryl/α,β-unsaturated/α-hetero) is 1. The van der Waals surface area contributed by atoms with Crippen LogP contribution >= 0.6 is 7.82 Å². The summed E-state index contributed by atoms with van der Waals surface area (Å²) >= 11 is 0. The zero-order valence-electron chi connectivity index (χ0n) is 61.4. The summed E-state index contributed by atoms with van der Waals surface area (Å²) in [5, 5.41) is 18.0. The number of ether oxygens (including phenoxy) is 9. The molecule has 0 aliphatic carbocycles. The quantitative estimate of drug-likeness (QED) is 0.0169. The van der Waals surface area contributed by atoms with Gasteiger partial charge in [0, 0.05) is 40.3 Å². The molecule has 0 aromatic carbocycles. The first-order valence-electron chi connectivity index (χ1n) is 38.1. The average Bonchev–Trinajstić information content (AvgIpc) is 0.788. The molecule has 2 saturated heterocycles. The molecule has 2 heterocycles. The Hall–Kier alpha value is -3.37. The van der Waals surface area contributed by atoms with Gasteiger partial charge in [-0.1, -0.05) is 244 Å². The molecule has 0 radical (unpaired) electrons. The van der Waals surface area contributed by atoms with Crippen LogP contribution in [0.25, 0.3) is 0 Å². The highest BCUT2D eigenvalue weighted by Crippen LogP contribution is 2.52. The largest absolute Gasteiger partial charge is 0.509 e. The van der Waals surface area contributed by atoms with Crippen LogP contribution in [0.5, 0.6) is 0 Å². The van der Waals surface area contributed by atoms with Crippen LogP contribution in [0, 0.1) is 0 Å². The summed E-state index contributed by atoms with van der Waals surface area (Å²) in [6.07, 6.45) is 35.3. The van der Waals surface area contributed by atoms with E-state index < -0.39 is 94.2 Å². The monoisotopic (exact) mass is 1400 g/mol. The van der Waals surface area contributed by atoms with Gasteiger partial charge < -0.3 is 58.4 Å². The van der Waals surface area contributed by atoms with Gasteiger partial charge in [0.25, 0.3) is 0 Å². The molecule has 0 saturated carbocycles. The number of carbonyl (C=O) groups is 4. The molecule has 564 valence electrons. The van der Waals surface area contributed by atoms with E-state index in [2.05, 4.69) is 70.2 Å². The van der Waals surface area contributed by atoms with Crippen LogP contribution in [0.15, 0.2) is 50.1 Å². The third-order valence-corrected chi connectivity index (χ3v) is 19.3. The number of phosphoric ester groups is 1. The number of nitrogens with one attached hydrogen (secondary N) is 2. The van der Waals surface area contributed by atoms with E-state index in [-0.39, 0.29) is 70.3 Å². The third-order valence-electron chi connectivity index (χ3n) is 17.8. The van der Waals surface area contributed by atoms with Gasteiger partial charge >= 0.3 is 14.0 Å². The Bertz CT molecular complexity index is 2070. The minimum absolute atomic E-state index is 0.0912. The number of methoxy groups -OCH3 is 2. The number of aliphatic hydroxyl groups excluding tert-OH is 1. The normalized spacial score (nSPS) is 21.5. The van der Waals surface area contributed by atoms with Crippen molar-refractivity contribution in [2.75, 3.05) is 60.5 Å². The smallest absolute Gasteiger partial charge is 0.430 e. The van der Waals surface area contributed by atoms with Crippen molar-refractivity contribution in [2.24, 2.45) is 0 Å². The number of hydrogen-bond acceptors (Lipinski definition) is 18. The topological polar surface area (TPSA) is 240 Å². The van der Waals surface area contributed by atoms with Gasteiger partial charge in [-0.05, 0) is 57.8 Å². The molecular weight excluding hydrogens is 1260 g/mol. The van der Waals surface area contributed by atoms with Crippen LogP contribution in [0.1, 0.15) is 285 Å². The van der Waals surface area contributed by atoms with Crippen molar-refractivity contribution >= 4 is 31.6 Å². The maximum atomic E-state index is 14.7. The van der Waals surface area contributed by atoms with E-state index in [4.69, 9.17) is 56.2 Å². The summed E-state index contributed by atoms with van der Waals surface area (Å²) < 4.78 is 89.1. The maximum absolute atomic E-state index is 14.7. The highest BCUT2D eigenvalue weighted by atomic mass is 31.2. The summed E-state index contributed by atoms with van der Waals surface area (Å²) in [5.41, 5.74) is 0. The molecule has 2 aliphatic rings. The summed E-state index contributed by atoms with van der Waals surface area (Å²) in [4.78, 5) is 55.4. The minimum Gasteiger partial charge on any atom is -0.430 e. The summed E-state index contributed by atoms with van der Waals surface area (Å²) in [7, 11) is -1.36. The highest BCUT2D eigenvalue weighted by Gasteiger charge is 2.54. The van der Waals surface area contributed by atoms with Crippen LogP contribution < -0.4 is 10.6 Å². The van der Waals surface area contributed by atoms with Gasteiger partial charge in [0.15, 0.2) is 18.7 Å². The first-order valence-corrected chi connectivity index (χ1v) is 39.6. The van der Waals surface area contributed by atoms with E-state index >= 15 is 0 Å². The second kappa shape index (κ2) is 60.2. The third kappa shape index (κ3) is 42.6. The lowest BCUT2D eigenvalue weighted by Crippen LogP contribution is -2.68. The van der Waals surface area contributed by atoms with Crippen LogP contribution in [-0.4, -0.2) is 157 Å². The molecule has 0 aromatic rings. The van der Waals surface area contributed by atoms with Gasteiger partial charge in [-0.2, -0.15) is 0 Å². The van der Waals surface area contributed by atoms with Crippen LogP contribution in [-0.2, 0) is 75.2 Å². The van der Waals surface area contributed by atoms with E-state index in [1.807, 2.05) is 0 Å². The summed E-state index contributed by atoms with van der Waals surface area (Å²) in [6.45, 7) is 18.9. The molecule has 0 aromatic heterocycles. The number of rotatable bonds is 66. The number of hydrogen-bond donors (Lipinski definition) is 3. The number of allylic oxidation sites excluding steroid dienone is 2. The van der Waals surface area contributed by atoms with Crippen LogP contribution in [0.2, 0.25) is 0 Å². The van der Waals surface area contributed by atoms with Crippen molar-refractivity contribution < 1.29 is 85.1 Å². The Morgan fingerprint density at radius 3 is 1.53 bits per heavy atom. The molecule has 0 spiro atoms. The van der Waals surface area contributed by atoms with Crippen LogP contribution in [0.3, 0.4) is 0 Å². The molecule has 3 N–H and O–H groups in total. The van der Waals surface area contributed by atoms with Crippen molar-refractivity contribution in [3.63, 3.8) is 0 Å². The first kappa shape index (κ1) is 89.7. The fourth-order valence-electron chi connectivity index (χ4n) is 12.3. The lowest BCUT2D eigenvalue weighted by molar-refractivity contribution is -0.303. The molecule has 2 aliphatic heterocycles. The van der Waals surface area contributed by atoms with E-state index in [0.717, 1.165) is 141 Å². The molecule has 11 atom stereocenters. The standard InChI is InChI=1S/C76H137N2O18P/c1-10-17-21-25-28-31-32-33-34-35-36-38-40-44-48-52-66(80)77-69-73(88-58-53-63(86-9)51-47-42-24-20-13-4)71(96-97(84,91-55-15-6)92-56-16-7)64(60-85-8)94-75(69)90-61-65-70(95-76(83)89-54-14-5)72(87-57-49-45-41-30-27-23-19-12-3)68(74(82)93-65)78-67(81)59-62(79)50-46-43-39-37-29-26-22-18-11-2/h14-16,31-32,63-65,68-75,82H,5-7,10-13,17-30,33-61H2,1-4,8-9H3,(H,77,80)(H,78,81)/b32-31-/t63?,64?,65?,68-,69-,70?,71-,72?,73?,74?,75?/m1/s1. The summed E-state index contributed by atoms with van der Waals surface area (Å²) in [5.74, 6) is -1.24. The van der Waals surface area contributed by atoms with Gasteiger partial charge in [-0.3, -0.25) is 28.0 Å². The first-order chi connectivity index (χ1) is 47.3. The predicted molar refractivity (Wildman–Crippen MR) is 384 cm³/mol. The average molecular weight is 1400 g/mol. The van der Waals surface area contributed by atoms with Crippen molar-refractivity contribution in [1.29, 1.82) is 0 Å². The predicted octanol–water partition coefficient (Wildman–Crippen LogP) is 17.3. The summed E-state index contributed by atoms with van der Waals surface area (Å²) in [6, 6.07) is -2.54. The van der Waals surface area contributed by atoms with E-state index in [1.165, 1.54) is 96.0 Å². The fraction of sp³-hybridized carbons (Fsp3) is 0.842. The van der Waals surface area contributed by atoms with Crippen molar-refractivity contribution in [3.05, 3.63) is 50.1 Å². The van der Waals surface area contributed by atoms with Gasteiger partial charge in [-0.25, -0.2) is 9.36 Å². The van der Waals surface area contributed by atoms with Gasteiger partial charge in [-0.15, -0.1) is 13.2 Å². The van der Waals surface area contributed by atoms with E-state index in [1.54, 1.807) is 7.11 Å². The van der Waals surface area contributed by atoms with Crippen molar-refractivity contribution in [1.82, 2.24) is 10.6 Å². The SMILES string of the molecule is C=CCOC(=O)OC1C(COC2OC(COC)[C@@H](OP(=O)(OCC=C)OCC=C)C(OCCC(CCCCCCC)OC)[C@H]2NC(=O)CCCCCCCCC/C=C\CCCCCC)OC(O)[C@H](NC(=O)CC(=O)CCCCCCCCCCC)C1OCCCCCCCCCC. The van der Waals surface area contributed by atoms with Gasteiger partial charge in [0.1, 0.15) is 55.0 Å². The Labute approximate surface area is 587 Å². The van der Waals surface area contributed by atoms with Gasteiger partial charge in [0.05, 0.1) is 39.0 Å². The highest BCUT2D eigenvalue weighted by molar-refractivity contribution is 7.48. The number of phosphoric acid groups is 1. The second-order valence-corrected chi connectivity index (χ2v) is 27.9. The lowest BCUT2D eigenvalue weighted by Gasteiger charge is -2.47. The maximum Gasteiger partial charge on any atom is 0.509 e. The zero-order valence-corrected chi connectivity index (χ0v) is 62.3. The molecule has 8 unspecified atom stereocenters. The second-order valence-electron chi connectivity index (χ2n) is 26.3. The molecule has 20 nitrogen and oxygen atoms in total. The fourth-order valence-corrected chi connectivity index (χ4v) is 13.6. The molecule has 97 heavy (non-hydrogen) atoms. The molecule has 2 amide bonds. The number of amides is 2. The van der Waals surface area contributed by atoms with Crippen LogP contribution in [0.4, 0.5) is 4.79 Å². The Balaban J connectivity index is 2.65. The number of aliphatic hydroxyl groups is 1. The zero-order chi connectivity index (χ0) is 70.8. The molecule has 21 heteroatoms. The number of unbranched alkanes of at least 4 members (excludes halogenated alkanes) is 30. The lowest BCUT2D eigenvalue weighted by atomic mass is 9.95. The Kier molecular flexibility index (Phi) is 55.7. The molecule has 0 bridgehead atoms.